The van der Waals surface area contributed by atoms with E-state index in [1.54, 1.807) is 37.4 Å². The van der Waals surface area contributed by atoms with Crippen molar-refractivity contribution in [2.45, 2.75) is 69.7 Å². The van der Waals surface area contributed by atoms with Crippen molar-refractivity contribution in [2.75, 3.05) is 27.4 Å². The van der Waals surface area contributed by atoms with Crippen molar-refractivity contribution in [1.29, 1.82) is 0 Å². The second-order valence-corrected chi connectivity index (χ2v) is 10.7. The van der Waals surface area contributed by atoms with Crippen LogP contribution in [0.4, 0.5) is 4.39 Å². The number of halogens is 1. The van der Waals surface area contributed by atoms with E-state index in [-0.39, 0.29) is 37.0 Å². The third-order valence-corrected chi connectivity index (χ3v) is 7.81. The molecular weight excluding hydrogens is 543 g/mol. The smallest absolute Gasteiger partial charge is 0.247 e. The van der Waals surface area contributed by atoms with E-state index in [0.717, 1.165) is 44.9 Å². The third-order valence-electron chi connectivity index (χ3n) is 7.81. The molecule has 2 aromatic carbocycles. The van der Waals surface area contributed by atoms with E-state index in [4.69, 9.17) is 14.2 Å². The van der Waals surface area contributed by atoms with Gasteiger partial charge in [-0.1, -0.05) is 31.4 Å². The van der Waals surface area contributed by atoms with Gasteiger partial charge in [0.05, 0.1) is 20.3 Å². The first kappa shape index (κ1) is 29.4. The van der Waals surface area contributed by atoms with Crippen LogP contribution in [0.1, 0.15) is 56.6 Å². The monoisotopic (exact) mass is 580 g/mol. The van der Waals surface area contributed by atoms with E-state index in [0.29, 0.717) is 35.1 Å². The van der Waals surface area contributed by atoms with Crippen molar-refractivity contribution in [2.24, 2.45) is 0 Å². The first-order valence-electron chi connectivity index (χ1n) is 14.4. The van der Waals surface area contributed by atoms with Crippen molar-refractivity contribution in [3.63, 3.8) is 0 Å². The number of hydrogen-bond donors (Lipinski definition) is 1. The van der Waals surface area contributed by atoms with Gasteiger partial charge in [-0.25, -0.2) is 4.39 Å². The lowest BCUT2D eigenvalue weighted by molar-refractivity contribution is -0.143. The quantitative estimate of drug-likeness (QED) is 0.365. The van der Waals surface area contributed by atoms with E-state index in [1.165, 1.54) is 28.9 Å². The number of rotatable bonds is 11. The zero-order valence-corrected chi connectivity index (χ0v) is 24.0. The van der Waals surface area contributed by atoms with E-state index in [1.807, 2.05) is 0 Å². The van der Waals surface area contributed by atoms with Gasteiger partial charge in [0.15, 0.2) is 11.5 Å². The van der Waals surface area contributed by atoms with Gasteiger partial charge >= 0.3 is 0 Å². The average molecular weight is 581 g/mol. The molecule has 11 nitrogen and oxygen atoms in total. The Bertz CT molecular complexity index is 1350. The molecular formula is C30H37FN6O5. The van der Waals surface area contributed by atoms with Crippen molar-refractivity contribution >= 4 is 11.8 Å². The van der Waals surface area contributed by atoms with Crippen LogP contribution in [0.2, 0.25) is 0 Å². The molecule has 5 rings (SSSR count). The maximum atomic E-state index is 14.0. The summed E-state index contributed by atoms with van der Waals surface area (Å²) in [5.74, 6) is 0.284. The normalized spacial score (nSPS) is 17.9. The standard InChI is InChI=1S/C30H37FN6O5/c1-40-25-15-12-21(17-26(25)41-2)29-33-35-37(34-29)19-27(38)36(18-24-9-6-16-42-24)28(20-10-13-22(31)14-11-20)30(39)32-23-7-4-3-5-8-23/h10-15,17,23-24,28H,3-9,16,18-19H2,1-2H3,(H,32,39)/t24-,28-/m0/s1. The van der Waals surface area contributed by atoms with Gasteiger partial charge in [0.25, 0.3) is 0 Å². The van der Waals surface area contributed by atoms with Gasteiger partial charge < -0.3 is 24.4 Å². The highest BCUT2D eigenvalue weighted by Gasteiger charge is 2.35. The summed E-state index contributed by atoms with van der Waals surface area (Å²) < 4.78 is 30.4. The molecule has 2 atom stereocenters. The zero-order valence-electron chi connectivity index (χ0n) is 24.0. The second kappa shape index (κ2) is 13.7. The molecule has 0 spiro atoms. The lowest BCUT2D eigenvalue weighted by Crippen LogP contribution is -2.50. The van der Waals surface area contributed by atoms with Crippen LogP contribution in [-0.4, -0.2) is 76.4 Å². The Balaban J connectivity index is 1.41. The van der Waals surface area contributed by atoms with Gasteiger partial charge in [-0.15, -0.1) is 10.2 Å². The Morgan fingerprint density at radius 3 is 2.50 bits per heavy atom. The molecule has 2 aliphatic rings. The molecule has 1 N–H and O–H groups in total. The molecule has 3 aromatic rings. The SMILES string of the molecule is COc1ccc(-c2nnn(CC(=O)N(C[C@@H]3CCCO3)[C@H](C(=O)NC3CCCCC3)c3ccc(F)cc3)n2)cc1OC. The summed E-state index contributed by atoms with van der Waals surface area (Å²) >= 11 is 0. The molecule has 1 saturated carbocycles. The Morgan fingerprint density at radius 1 is 1.05 bits per heavy atom. The van der Waals surface area contributed by atoms with Crippen LogP contribution >= 0.6 is 0 Å². The topological polar surface area (TPSA) is 121 Å². The van der Waals surface area contributed by atoms with Crippen LogP contribution in [0.3, 0.4) is 0 Å². The molecule has 1 saturated heterocycles. The number of carbonyl (C=O) groups excluding carboxylic acids is 2. The molecule has 224 valence electrons. The van der Waals surface area contributed by atoms with E-state index < -0.39 is 11.9 Å². The maximum absolute atomic E-state index is 14.0. The van der Waals surface area contributed by atoms with Crippen LogP contribution in [-0.2, 0) is 20.9 Å². The number of benzene rings is 2. The van der Waals surface area contributed by atoms with E-state index in [2.05, 4.69) is 20.7 Å². The molecule has 2 heterocycles. The molecule has 0 unspecified atom stereocenters. The summed E-state index contributed by atoms with van der Waals surface area (Å²) in [7, 11) is 3.09. The van der Waals surface area contributed by atoms with E-state index >= 15 is 0 Å². The minimum atomic E-state index is -0.974. The molecule has 1 aliphatic heterocycles. The minimum Gasteiger partial charge on any atom is -0.493 e. The van der Waals surface area contributed by atoms with Gasteiger partial charge in [0.2, 0.25) is 17.6 Å². The molecule has 0 bridgehead atoms. The Morgan fingerprint density at radius 2 is 1.81 bits per heavy atom. The highest BCUT2D eigenvalue weighted by Crippen LogP contribution is 2.31. The Labute approximate surface area is 244 Å². The van der Waals surface area contributed by atoms with Gasteiger partial charge in [-0.2, -0.15) is 4.80 Å². The van der Waals surface area contributed by atoms with Crippen LogP contribution in [0, 0.1) is 5.82 Å². The molecule has 2 amide bonds. The summed E-state index contributed by atoms with van der Waals surface area (Å²) in [5, 5.41) is 15.8. The fraction of sp³-hybridized carbons (Fsp3) is 0.500. The maximum Gasteiger partial charge on any atom is 0.247 e. The second-order valence-electron chi connectivity index (χ2n) is 10.7. The zero-order chi connectivity index (χ0) is 29.5. The van der Waals surface area contributed by atoms with Gasteiger partial charge in [0.1, 0.15) is 18.4 Å². The number of carbonyl (C=O) groups is 2. The van der Waals surface area contributed by atoms with Gasteiger partial charge in [-0.05, 0) is 66.8 Å². The number of nitrogens with one attached hydrogen (secondary N) is 1. The van der Waals surface area contributed by atoms with Crippen LogP contribution in [0.25, 0.3) is 11.4 Å². The Hall–Kier alpha value is -4.06. The van der Waals surface area contributed by atoms with Gasteiger partial charge in [0, 0.05) is 24.8 Å². The minimum absolute atomic E-state index is 0.0370. The fourth-order valence-electron chi connectivity index (χ4n) is 5.62. The predicted molar refractivity (Wildman–Crippen MR) is 151 cm³/mol. The number of aromatic nitrogens is 4. The predicted octanol–water partition coefficient (Wildman–Crippen LogP) is 3.69. The number of hydrogen-bond acceptors (Lipinski definition) is 8. The van der Waals surface area contributed by atoms with Gasteiger partial charge in [-0.3, -0.25) is 9.59 Å². The molecule has 42 heavy (non-hydrogen) atoms. The number of nitrogens with zero attached hydrogens (tertiary/aromatic N) is 5. The van der Waals surface area contributed by atoms with Crippen molar-refractivity contribution in [3.8, 4) is 22.9 Å². The van der Waals surface area contributed by atoms with Crippen molar-refractivity contribution in [1.82, 2.24) is 30.4 Å². The highest BCUT2D eigenvalue weighted by molar-refractivity contribution is 5.89. The Kier molecular flexibility index (Phi) is 9.63. The number of tetrazole rings is 1. The summed E-state index contributed by atoms with van der Waals surface area (Å²) in [6.45, 7) is 0.555. The summed E-state index contributed by atoms with van der Waals surface area (Å²) in [5.41, 5.74) is 1.16. The molecule has 2 fully saturated rings. The lowest BCUT2D eigenvalue weighted by Gasteiger charge is -2.34. The average Bonchev–Trinajstić information content (AvgIpc) is 3.70. The summed E-state index contributed by atoms with van der Waals surface area (Å²) in [6, 6.07) is 10.0. The number of amides is 2. The summed E-state index contributed by atoms with van der Waals surface area (Å²) in [4.78, 5) is 30.5. The molecule has 12 heteroatoms. The third kappa shape index (κ3) is 7.04. The number of methoxy groups -OCH3 is 2. The first-order chi connectivity index (χ1) is 20.4. The number of ether oxygens (including phenoxy) is 3. The highest BCUT2D eigenvalue weighted by atomic mass is 19.1. The van der Waals surface area contributed by atoms with Crippen molar-refractivity contribution < 1.29 is 28.2 Å². The largest absolute Gasteiger partial charge is 0.493 e. The van der Waals surface area contributed by atoms with E-state index in [9.17, 15) is 14.0 Å². The molecule has 0 radical (unpaired) electrons. The fourth-order valence-corrected chi connectivity index (χ4v) is 5.62. The van der Waals surface area contributed by atoms with Crippen molar-refractivity contribution in [3.05, 3.63) is 53.8 Å². The molecule has 1 aromatic heterocycles. The first-order valence-corrected chi connectivity index (χ1v) is 14.4. The van der Waals surface area contributed by atoms with Crippen LogP contribution in [0.15, 0.2) is 42.5 Å². The van der Waals surface area contributed by atoms with Crippen LogP contribution in [0.5, 0.6) is 11.5 Å². The summed E-state index contributed by atoms with van der Waals surface area (Å²) in [6.07, 6.45) is 6.46. The lowest BCUT2D eigenvalue weighted by atomic mass is 9.94. The van der Waals surface area contributed by atoms with Crippen LogP contribution < -0.4 is 14.8 Å². The molecule has 1 aliphatic carbocycles.